The number of amides is 1. The van der Waals surface area contributed by atoms with Gasteiger partial charge in [-0.05, 0) is 45.0 Å². The highest BCUT2D eigenvalue weighted by atomic mass is 79.9. The third-order valence-corrected chi connectivity index (χ3v) is 2.33. The summed E-state index contributed by atoms with van der Waals surface area (Å²) in [6.07, 6.45) is 0. The highest BCUT2D eigenvalue weighted by molar-refractivity contribution is 9.10. The van der Waals surface area contributed by atoms with E-state index in [2.05, 4.69) is 21.2 Å². The van der Waals surface area contributed by atoms with E-state index in [0.29, 0.717) is 5.56 Å². The number of carbonyl (C=O) groups is 2. The summed E-state index contributed by atoms with van der Waals surface area (Å²) in [6.45, 7) is 5.50. The van der Waals surface area contributed by atoms with Crippen LogP contribution in [0.2, 0.25) is 0 Å². The van der Waals surface area contributed by atoms with Gasteiger partial charge in [-0.2, -0.15) is 0 Å². The molecule has 1 aromatic rings. The molecule has 1 N–H and O–H groups in total. The highest BCUT2D eigenvalue weighted by Crippen LogP contribution is 2.11. The molecule has 0 aliphatic rings. The second-order valence-electron chi connectivity index (χ2n) is 4.54. The van der Waals surface area contributed by atoms with Crippen molar-refractivity contribution in [2.24, 2.45) is 0 Å². The average Bonchev–Trinajstić information content (AvgIpc) is 2.15. The number of nitrogens with one attached hydrogen (secondary N) is 1. The number of carbonyl (C=O) groups excluding carboxylic acids is 2. The van der Waals surface area contributed by atoms with Crippen molar-refractivity contribution < 1.29 is 9.59 Å². The van der Waals surface area contributed by atoms with Gasteiger partial charge in [0.05, 0.1) is 0 Å². The van der Waals surface area contributed by atoms with Crippen LogP contribution in [0.5, 0.6) is 0 Å². The second-order valence-corrected chi connectivity index (χ2v) is 5.46. The SMILES string of the molecule is CC(C)(C)NC(=O)C(=O)c1ccc(Br)cc1. The van der Waals surface area contributed by atoms with E-state index in [-0.39, 0.29) is 0 Å². The minimum atomic E-state index is -0.574. The number of benzene rings is 1. The van der Waals surface area contributed by atoms with Crippen LogP contribution in [0.3, 0.4) is 0 Å². The van der Waals surface area contributed by atoms with E-state index in [0.717, 1.165) is 4.47 Å². The molecule has 1 aromatic carbocycles. The van der Waals surface area contributed by atoms with Crippen molar-refractivity contribution in [3.8, 4) is 0 Å². The molecule has 3 nitrogen and oxygen atoms in total. The number of hydrogen-bond donors (Lipinski definition) is 1. The molecule has 1 rings (SSSR count). The Morgan fingerprint density at radius 2 is 1.62 bits per heavy atom. The van der Waals surface area contributed by atoms with Crippen molar-refractivity contribution in [3.63, 3.8) is 0 Å². The van der Waals surface area contributed by atoms with Gasteiger partial charge in [0.15, 0.2) is 0 Å². The smallest absolute Gasteiger partial charge is 0.292 e. The van der Waals surface area contributed by atoms with Gasteiger partial charge in [0, 0.05) is 15.6 Å². The molecule has 0 atom stereocenters. The number of Topliss-reactive ketones (excluding diaryl/α,β-unsaturated/α-hetero) is 1. The van der Waals surface area contributed by atoms with E-state index in [9.17, 15) is 9.59 Å². The summed E-state index contributed by atoms with van der Waals surface area (Å²) in [5.74, 6) is -1.09. The van der Waals surface area contributed by atoms with E-state index in [1.165, 1.54) is 0 Å². The van der Waals surface area contributed by atoms with Crippen LogP contribution in [0.1, 0.15) is 31.1 Å². The zero-order valence-electron chi connectivity index (χ0n) is 9.50. The first-order valence-electron chi connectivity index (χ1n) is 4.92. The third kappa shape index (κ3) is 3.77. The van der Waals surface area contributed by atoms with Gasteiger partial charge in [0.2, 0.25) is 5.78 Å². The molecule has 86 valence electrons. The Labute approximate surface area is 103 Å². The normalized spacial score (nSPS) is 11.0. The highest BCUT2D eigenvalue weighted by Gasteiger charge is 2.21. The van der Waals surface area contributed by atoms with E-state index >= 15 is 0 Å². The van der Waals surface area contributed by atoms with E-state index in [1.54, 1.807) is 24.3 Å². The van der Waals surface area contributed by atoms with Gasteiger partial charge in [0.1, 0.15) is 0 Å². The zero-order valence-corrected chi connectivity index (χ0v) is 11.1. The Morgan fingerprint density at radius 1 is 1.12 bits per heavy atom. The summed E-state index contributed by atoms with van der Waals surface area (Å²) in [6, 6.07) is 6.71. The average molecular weight is 284 g/mol. The maximum absolute atomic E-state index is 11.7. The molecule has 0 spiro atoms. The molecule has 0 bridgehead atoms. The molecule has 0 radical (unpaired) electrons. The number of ketones is 1. The Kier molecular flexibility index (Phi) is 3.86. The first-order chi connectivity index (χ1) is 7.29. The van der Waals surface area contributed by atoms with Crippen LogP contribution in [-0.4, -0.2) is 17.2 Å². The van der Waals surface area contributed by atoms with Crippen LogP contribution in [0.25, 0.3) is 0 Å². The monoisotopic (exact) mass is 283 g/mol. The Bertz CT molecular complexity index is 404. The molecule has 0 aliphatic heterocycles. The van der Waals surface area contributed by atoms with Gasteiger partial charge in [0.25, 0.3) is 5.91 Å². The van der Waals surface area contributed by atoms with Crippen molar-refractivity contribution in [3.05, 3.63) is 34.3 Å². The van der Waals surface area contributed by atoms with Gasteiger partial charge in [-0.3, -0.25) is 9.59 Å². The Balaban J connectivity index is 2.79. The molecule has 16 heavy (non-hydrogen) atoms. The molecule has 0 unspecified atom stereocenters. The molecule has 0 heterocycles. The Hall–Kier alpha value is -1.16. The van der Waals surface area contributed by atoms with E-state index in [1.807, 2.05) is 20.8 Å². The molecular weight excluding hydrogens is 270 g/mol. The minimum Gasteiger partial charge on any atom is -0.345 e. The molecule has 0 saturated heterocycles. The van der Waals surface area contributed by atoms with Gasteiger partial charge in [-0.1, -0.05) is 15.9 Å². The summed E-state index contributed by atoms with van der Waals surface area (Å²) < 4.78 is 0.875. The first kappa shape index (κ1) is 12.9. The zero-order chi connectivity index (χ0) is 12.3. The summed E-state index contributed by atoms with van der Waals surface area (Å²) in [7, 11) is 0. The first-order valence-corrected chi connectivity index (χ1v) is 5.71. The molecule has 0 fully saturated rings. The van der Waals surface area contributed by atoms with Crippen molar-refractivity contribution in [2.75, 3.05) is 0 Å². The topological polar surface area (TPSA) is 46.2 Å². The molecule has 0 aliphatic carbocycles. The molecule has 0 aromatic heterocycles. The number of hydrogen-bond acceptors (Lipinski definition) is 2. The van der Waals surface area contributed by atoms with Gasteiger partial charge >= 0.3 is 0 Å². The summed E-state index contributed by atoms with van der Waals surface area (Å²) >= 11 is 3.27. The van der Waals surface area contributed by atoms with Crippen LogP contribution in [0.4, 0.5) is 0 Å². The van der Waals surface area contributed by atoms with E-state index < -0.39 is 17.2 Å². The summed E-state index contributed by atoms with van der Waals surface area (Å²) in [4.78, 5) is 23.3. The summed E-state index contributed by atoms with van der Waals surface area (Å²) in [5, 5.41) is 2.63. The lowest BCUT2D eigenvalue weighted by Gasteiger charge is -2.19. The maximum atomic E-state index is 11.7. The lowest BCUT2D eigenvalue weighted by Crippen LogP contribution is -2.44. The third-order valence-electron chi connectivity index (χ3n) is 1.80. The van der Waals surface area contributed by atoms with Gasteiger partial charge in [-0.25, -0.2) is 0 Å². The van der Waals surface area contributed by atoms with Crippen molar-refractivity contribution in [1.82, 2.24) is 5.32 Å². The van der Waals surface area contributed by atoms with Gasteiger partial charge < -0.3 is 5.32 Å². The molecule has 1 amide bonds. The fraction of sp³-hybridized carbons (Fsp3) is 0.333. The minimum absolute atomic E-state index is 0.393. The van der Waals surface area contributed by atoms with Crippen LogP contribution >= 0.6 is 15.9 Å². The fourth-order valence-corrected chi connectivity index (χ4v) is 1.39. The molecule has 4 heteroatoms. The van der Waals surface area contributed by atoms with Crippen LogP contribution < -0.4 is 5.32 Å². The number of rotatable bonds is 2. The quantitative estimate of drug-likeness (QED) is 0.670. The lowest BCUT2D eigenvalue weighted by atomic mass is 10.1. The standard InChI is InChI=1S/C12H14BrNO2/c1-12(2,3)14-11(16)10(15)8-4-6-9(13)7-5-8/h4-7H,1-3H3,(H,14,16). The van der Waals surface area contributed by atoms with Crippen LogP contribution in [0, 0.1) is 0 Å². The second kappa shape index (κ2) is 4.78. The predicted octanol–water partition coefficient (Wildman–Crippen LogP) is 2.55. The van der Waals surface area contributed by atoms with Crippen molar-refractivity contribution >= 4 is 27.6 Å². The lowest BCUT2D eigenvalue weighted by molar-refractivity contribution is -0.118. The van der Waals surface area contributed by atoms with Crippen molar-refractivity contribution in [2.45, 2.75) is 26.3 Å². The fourth-order valence-electron chi connectivity index (χ4n) is 1.13. The Morgan fingerprint density at radius 3 is 2.06 bits per heavy atom. The molecular formula is C12H14BrNO2. The van der Waals surface area contributed by atoms with Crippen LogP contribution in [0.15, 0.2) is 28.7 Å². The van der Waals surface area contributed by atoms with Crippen LogP contribution in [-0.2, 0) is 4.79 Å². The predicted molar refractivity (Wildman–Crippen MR) is 66.4 cm³/mol. The van der Waals surface area contributed by atoms with Crippen molar-refractivity contribution in [1.29, 1.82) is 0 Å². The number of halogens is 1. The van der Waals surface area contributed by atoms with E-state index in [4.69, 9.17) is 0 Å². The maximum Gasteiger partial charge on any atom is 0.292 e. The van der Waals surface area contributed by atoms with Gasteiger partial charge in [-0.15, -0.1) is 0 Å². The summed E-state index contributed by atoms with van der Waals surface area (Å²) in [5.41, 5.74) is -0.00722. The largest absolute Gasteiger partial charge is 0.345 e. The molecule has 0 saturated carbocycles.